The Hall–Kier alpha value is -4.15. The molecule has 0 unspecified atom stereocenters. The molecule has 0 saturated carbocycles. The lowest BCUT2D eigenvalue weighted by Crippen LogP contribution is -2.16. The standard InChI is InChI=1S/C24H29N7O4/c1-5-8-20-26-14(4)22-24(33)27-23(29-31(20)22)16-11-15(9-10-18(16)34-6-2)17-12-19(25)30(28-17)13-21(32)35-7-3/h9-12H,5-8,13,25H2,1-4H3,(H,27,29,33). The van der Waals surface area contributed by atoms with E-state index in [1.165, 1.54) is 4.68 Å². The van der Waals surface area contributed by atoms with E-state index in [-0.39, 0.29) is 18.7 Å². The van der Waals surface area contributed by atoms with Crippen molar-refractivity contribution in [2.24, 2.45) is 0 Å². The van der Waals surface area contributed by atoms with Crippen molar-refractivity contribution in [2.45, 2.75) is 47.1 Å². The number of esters is 1. The molecule has 0 aliphatic rings. The molecule has 0 aliphatic carbocycles. The van der Waals surface area contributed by atoms with Gasteiger partial charge in [-0.2, -0.15) is 5.10 Å². The Kier molecular flexibility index (Phi) is 6.85. The molecule has 0 radical (unpaired) electrons. The number of hydrogen-bond acceptors (Lipinski definition) is 8. The fourth-order valence-corrected chi connectivity index (χ4v) is 3.93. The minimum absolute atomic E-state index is 0.0880. The van der Waals surface area contributed by atoms with Crippen molar-refractivity contribution in [3.05, 3.63) is 46.1 Å². The first-order valence-corrected chi connectivity index (χ1v) is 11.6. The SMILES string of the molecule is CCCc1nc(C)c2c(=O)[nH]c(-c3cc(-c4cc(N)n(CC(=O)OCC)n4)ccc3OCC)nn12. The molecule has 0 bridgehead atoms. The third kappa shape index (κ3) is 4.75. The minimum atomic E-state index is -0.421. The van der Waals surface area contributed by atoms with Crippen LogP contribution in [-0.2, 0) is 22.5 Å². The summed E-state index contributed by atoms with van der Waals surface area (Å²) in [6, 6.07) is 7.14. The van der Waals surface area contributed by atoms with Crippen LogP contribution < -0.4 is 16.0 Å². The van der Waals surface area contributed by atoms with Crippen LogP contribution in [0, 0.1) is 6.92 Å². The molecule has 0 spiro atoms. The van der Waals surface area contributed by atoms with Gasteiger partial charge in [0, 0.05) is 18.1 Å². The highest BCUT2D eigenvalue weighted by atomic mass is 16.5. The number of nitrogen functional groups attached to an aromatic ring is 1. The van der Waals surface area contributed by atoms with E-state index in [4.69, 9.17) is 20.3 Å². The van der Waals surface area contributed by atoms with Crippen LogP contribution in [0.2, 0.25) is 0 Å². The summed E-state index contributed by atoms with van der Waals surface area (Å²) in [6.45, 7) is 8.10. The van der Waals surface area contributed by atoms with Crippen LogP contribution in [0.3, 0.4) is 0 Å². The zero-order valence-electron chi connectivity index (χ0n) is 20.3. The van der Waals surface area contributed by atoms with Crippen LogP contribution in [0.4, 0.5) is 5.82 Å². The van der Waals surface area contributed by atoms with E-state index in [1.54, 1.807) is 30.5 Å². The van der Waals surface area contributed by atoms with Crippen LogP contribution in [0.5, 0.6) is 5.75 Å². The maximum atomic E-state index is 13.0. The maximum absolute atomic E-state index is 13.0. The average molecular weight is 480 g/mol. The molecule has 11 nitrogen and oxygen atoms in total. The lowest BCUT2D eigenvalue weighted by Gasteiger charge is -2.12. The second kappa shape index (κ2) is 10.00. The molecule has 184 valence electrons. The number of ether oxygens (including phenoxy) is 2. The van der Waals surface area contributed by atoms with Crippen LogP contribution in [0.15, 0.2) is 29.1 Å². The first kappa shape index (κ1) is 24.0. The van der Waals surface area contributed by atoms with Gasteiger partial charge < -0.3 is 20.2 Å². The number of imidazole rings is 1. The molecule has 3 aromatic heterocycles. The number of aromatic amines is 1. The first-order chi connectivity index (χ1) is 16.9. The Morgan fingerprint density at radius 3 is 2.66 bits per heavy atom. The summed E-state index contributed by atoms with van der Waals surface area (Å²) in [6.07, 6.45) is 1.57. The summed E-state index contributed by atoms with van der Waals surface area (Å²) in [7, 11) is 0. The van der Waals surface area contributed by atoms with Gasteiger partial charge in [0.2, 0.25) is 0 Å². The second-order valence-electron chi connectivity index (χ2n) is 7.99. The van der Waals surface area contributed by atoms with Crippen molar-refractivity contribution in [1.29, 1.82) is 0 Å². The summed E-state index contributed by atoms with van der Waals surface area (Å²) in [4.78, 5) is 32.3. The lowest BCUT2D eigenvalue weighted by molar-refractivity contribution is -0.143. The molecule has 4 aromatic rings. The van der Waals surface area contributed by atoms with Gasteiger partial charge in [-0.05, 0) is 45.4 Å². The van der Waals surface area contributed by atoms with Gasteiger partial charge >= 0.3 is 5.97 Å². The number of nitrogens with zero attached hydrogens (tertiary/aromatic N) is 5. The van der Waals surface area contributed by atoms with Gasteiger partial charge in [-0.3, -0.25) is 9.59 Å². The molecule has 3 heterocycles. The quantitative estimate of drug-likeness (QED) is 0.349. The van der Waals surface area contributed by atoms with E-state index >= 15 is 0 Å². The molecular weight excluding hydrogens is 450 g/mol. The highest BCUT2D eigenvalue weighted by Crippen LogP contribution is 2.33. The number of carbonyl (C=O) groups is 1. The molecule has 1 aromatic carbocycles. The van der Waals surface area contributed by atoms with Crippen LogP contribution >= 0.6 is 0 Å². The van der Waals surface area contributed by atoms with Crippen LogP contribution in [0.1, 0.15) is 38.7 Å². The number of rotatable bonds is 9. The van der Waals surface area contributed by atoms with Crippen molar-refractivity contribution in [2.75, 3.05) is 18.9 Å². The third-order valence-electron chi connectivity index (χ3n) is 5.44. The summed E-state index contributed by atoms with van der Waals surface area (Å²) in [5.74, 6) is 1.55. The monoisotopic (exact) mass is 479 g/mol. The highest BCUT2D eigenvalue weighted by molar-refractivity contribution is 5.75. The molecule has 4 rings (SSSR count). The lowest BCUT2D eigenvalue weighted by atomic mass is 10.1. The number of benzene rings is 1. The van der Waals surface area contributed by atoms with Crippen LogP contribution in [-0.4, -0.2) is 48.5 Å². The normalized spacial score (nSPS) is 11.2. The van der Waals surface area contributed by atoms with Crippen molar-refractivity contribution in [3.63, 3.8) is 0 Å². The number of nitrogens with one attached hydrogen (secondary N) is 1. The van der Waals surface area contributed by atoms with E-state index < -0.39 is 5.97 Å². The number of carbonyl (C=O) groups excluding carboxylic acids is 1. The van der Waals surface area contributed by atoms with Gasteiger partial charge in [0.05, 0.1) is 30.2 Å². The van der Waals surface area contributed by atoms with Crippen molar-refractivity contribution < 1.29 is 14.3 Å². The first-order valence-electron chi connectivity index (χ1n) is 11.6. The van der Waals surface area contributed by atoms with Crippen LogP contribution in [0.25, 0.3) is 28.2 Å². The molecule has 35 heavy (non-hydrogen) atoms. The van der Waals surface area contributed by atoms with E-state index in [1.807, 2.05) is 26.0 Å². The minimum Gasteiger partial charge on any atom is -0.493 e. The molecule has 11 heteroatoms. The van der Waals surface area contributed by atoms with E-state index in [2.05, 4.69) is 15.1 Å². The molecule has 0 saturated heterocycles. The highest BCUT2D eigenvalue weighted by Gasteiger charge is 2.19. The number of anilines is 1. The molecular formula is C24H29N7O4. The summed E-state index contributed by atoms with van der Waals surface area (Å²) in [5.41, 5.74) is 8.73. The number of hydrogen-bond donors (Lipinski definition) is 2. The number of aryl methyl sites for hydroxylation is 2. The Balaban J connectivity index is 1.82. The summed E-state index contributed by atoms with van der Waals surface area (Å²) >= 11 is 0. The number of nitrogens with two attached hydrogens (primary N) is 1. The molecule has 3 N–H and O–H groups in total. The number of H-pyrrole nitrogens is 1. The number of aromatic nitrogens is 6. The molecule has 0 atom stereocenters. The Labute approximate surface area is 201 Å². The zero-order valence-corrected chi connectivity index (χ0v) is 20.3. The summed E-state index contributed by atoms with van der Waals surface area (Å²) < 4.78 is 13.8. The zero-order chi connectivity index (χ0) is 25.1. The van der Waals surface area contributed by atoms with Crippen molar-refractivity contribution in [3.8, 4) is 28.4 Å². The van der Waals surface area contributed by atoms with Gasteiger partial charge in [0.25, 0.3) is 5.56 Å². The molecule has 0 aliphatic heterocycles. The Bertz CT molecular complexity index is 1430. The van der Waals surface area contributed by atoms with E-state index in [0.717, 1.165) is 17.8 Å². The predicted octanol–water partition coefficient (Wildman–Crippen LogP) is 2.75. The average Bonchev–Trinajstić information content (AvgIpc) is 3.34. The molecule has 0 fully saturated rings. The fraction of sp³-hybridized carbons (Fsp3) is 0.375. The van der Waals surface area contributed by atoms with E-state index in [9.17, 15) is 9.59 Å². The van der Waals surface area contributed by atoms with Gasteiger partial charge in [0.1, 0.15) is 23.9 Å². The smallest absolute Gasteiger partial charge is 0.327 e. The topological polar surface area (TPSA) is 142 Å². The maximum Gasteiger partial charge on any atom is 0.327 e. The second-order valence-corrected chi connectivity index (χ2v) is 7.99. The largest absolute Gasteiger partial charge is 0.493 e. The van der Waals surface area contributed by atoms with Gasteiger partial charge in [-0.1, -0.05) is 6.92 Å². The van der Waals surface area contributed by atoms with Gasteiger partial charge in [-0.15, -0.1) is 5.10 Å². The van der Waals surface area contributed by atoms with Gasteiger partial charge in [-0.25, -0.2) is 14.2 Å². The fourth-order valence-electron chi connectivity index (χ4n) is 3.93. The van der Waals surface area contributed by atoms with Crippen molar-refractivity contribution >= 4 is 17.3 Å². The Morgan fingerprint density at radius 1 is 1.14 bits per heavy atom. The predicted molar refractivity (Wildman–Crippen MR) is 131 cm³/mol. The number of fused-ring (bicyclic) bond motifs is 1. The van der Waals surface area contributed by atoms with Gasteiger partial charge in [0.15, 0.2) is 11.3 Å². The summed E-state index contributed by atoms with van der Waals surface area (Å²) in [5, 5.41) is 9.18. The molecule has 0 amide bonds. The van der Waals surface area contributed by atoms with E-state index in [0.29, 0.717) is 52.9 Å². The third-order valence-corrected chi connectivity index (χ3v) is 5.44. The Morgan fingerprint density at radius 2 is 1.94 bits per heavy atom. The van der Waals surface area contributed by atoms with Crippen molar-refractivity contribution in [1.82, 2.24) is 29.4 Å².